The lowest BCUT2D eigenvalue weighted by atomic mass is 9.97. The molecule has 2 aromatic carbocycles. The van der Waals surface area contributed by atoms with E-state index in [1.165, 1.54) is 6.07 Å². The van der Waals surface area contributed by atoms with Crippen LogP contribution in [0.1, 0.15) is 0 Å². The minimum atomic E-state index is -0.0727. The lowest BCUT2D eigenvalue weighted by molar-refractivity contribution is 1.25. The van der Waals surface area contributed by atoms with E-state index < -0.39 is 0 Å². The summed E-state index contributed by atoms with van der Waals surface area (Å²) in [5.74, 6) is 0. The number of aromatic amines is 1. The van der Waals surface area contributed by atoms with Crippen molar-refractivity contribution >= 4 is 37.9 Å². The molecule has 0 bridgehead atoms. The third-order valence-electron chi connectivity index (χ3n) is 4.74. The molecule has 0 atom stereocenters. The van der Waals surface area contributed by atoms with E-state index in [0.29, 0.717) is 15.6 Å². The summed E-state index contributed by atoms with van der Waals surface area (Å²) in [6, 6.07) is 23.5. The van der Waals surface area contributed by atoms with Crippen LogP contribution < -0.4 is 5.43 Å². The number of aromatic nitrogens is 3. The predicted molar refractivity (Wildman–Crippen MR) is 116 cm³/mol. The fourth-order valence-corrected chi connectivity index (χ4v) is 3.81. The summed E-state index contributed by atoms with van der Waals surface area (Å²) < 4.78 is 0.612. The van der Waals surface area contributed by atoms with E-state index in [4.69, 9.17) is 4.98 Å². The molecule has 0 radical (unpaired) electrons. The highest BCUT2D eigenvalue weighted by Crippen LogP contribution is 2.33. The molecule has 5 rings (SSSR count). The number of hydrogen-bond acceptors (Lipinski definition) is 3. The first-order chi connectivity index (χ1) is 13.7. The minimum absolute atomic E-state index is 0.0727. The molecule has 0 saturated carbocycles. The fourth-order valence-electron chi connectivity index (χ4n) is 3.42. The Labute approximate surface area is 169 Å². The van der Waals surface area contributed by atoms with Crippen LogP contribution in [0.3, 0.4) is 0 Å². The molecule has 0 unspecified atom stereocenters. The van der Waals surface area contributed by atoms with Crippen molar-refractivity contribution in [1.82, 2.24) is 15.0 Å². The molecule has 1 N–H and O–H groups in total. The first kappa shape index (κ1) is 16.8. The van der Waals surface area contributed by atoms with E-state index in [-0.39, 0.29) is 5.43 Å². The summed E-state index contributed by atoms with van der Waals surface area (Å²) in [5, 5.41) is 1.60. The average molecular weight is 428 g/mol. The second-order valence-corrected chi connectivity index (χ2v) is 7.39. The number of rotatable bonds is 2. The van der Waals surface area contributed by atoms with E-state index >= 15 is 0 Å². The Hall–Kier alpha value is -3.31. The van der Waals surface area contributed by atoms with Gasteiger partial charge in [0.25, 0.3) is 0 Å². The minimum Gasteiger partial charge on any atom is -0.334 e. The molecule has 0 saturated heterocycles. The molecular weight excluding hydrogens is 414 g/mol. The van der Waals surface area contributed by atoms with Crippen LogP contribution >= 0.6 is 15.9 Å². The highest BCUT2D eigenvalue weighted by molar-refractivity contribution is 9.10. The summed E-state index contributed by atoms with van der Waals surface area (Å²) in [6.45, 7) is 0. The molecular formula is C23H14BrN3O. The van der Waals surface area contributed by atoms with Gasteiger partial charge in [-0.05, 0) is 45.8 Å². The Morgan fingerprint density at radius 1 is 0.857 bits per heavy atom. The number of nitrogens with zero attached hydrogens (tertiary/aromatic N) is 2. The van der Waals surface area contributed by atoms with Crippen LogP contribution in [0.4, 0.5) is 0 Å². The number of halogens is 1. The SMILES string of the molecule is O=c1cc(Br)[nH]c2nc(-c3ccccc3)c(-c3ccc4ncccc4c3)cc12. The molecule has 28 heavy (non-hydrogen) atoms. The fraction of sp³-hybridized carbons (Fsp3) is 0. The topological polar surface area (TPSA) is 58.6 Å². The first-order valence-corrected chi connectivity index (χ1v) is 9.62. The van der Waals surface area contributed by atoms with E-state index in [2.05, 4.69) is 32.0 Å². The molecule has 4 nitrogen and oxygen atoms in total. The smallest absolute Gasteiger partial charge is 0.192 e. The van der Waals surface area contributed by atoms with E-state index in [1.807, 2.05) is 60.7 Å². The lowest BCUT2D eigenvalue weighted by Gasteiger charge is -2.12. The standard InChI is InChI=1S/C23H14BrN3O/c24-21-13-20(28)18-12-17(15-8-9-19-16(11-15)7-4-10-25-19)22(27-23(18)26-21)14-5-2-1-3-6-14/h1-13H,(H,26,27,28). The van der Waals surface area contributed by atoms with Crippen molar-refractivity contribution in [2.24, 2.45) is 0 Å². The van der Waals surface area contributed by atoms with Crippen molar-refractivity contribution in [1.29, 1.82) is 0 Å². The summed E-state index contributed by atoms with van der Waals surface area (Å²) in [4.78, 5) is 24.9. The molecule has 5 aromatic rings. The van der Waals surface area contributed by atoms with Gasteiger partial charge in [-0.2, -0.15) is 0 Å². The molecule has 0 aliphatic rings. The molecule has 0 spiro atoms. The monoisotopic (exact) mass is 427 g/mol. The molecule has 5 heteroatoms. The highest BCUT2D eigenvalue weighted by atomic mass is 79.9. The largest absolute Gasteiger partial charge is 0.334 e. The van der Waals surface area contributed by atoms with Crippen LogP contribution in [0.15, 0.2) is 88.4 Å². The van der Waals surface area contributed by atoms with Gasteiger partial charge in [0, 0.05) is 28.8 Å². The first-order valence-electron chi connectivity index (χ1n) is 8.83. The van der Waals surface area contributed by atoms with Gasteiger partial charge in [-0.25, -0.2) is 4.98 Å². The lowest BCUT2D eigenvalue weighted by Crippen LogP contribution is -2.04. The Morgan fingerprint density at radius 2 is 1.71 bits per heavy atom. The Bertz CT molecular complexity index is 1390. The van der Waals surface area contributed by atoms with Gasteiger partial charge in [-0.1, -0.05) is 42.5 Å². The van der Waals surface area contributed by atoms with Crippen LogP contribution in [-0.4, -0.2) is 15.0 Å². The number of hydrogen-bond donors (Lipinski definition) is 1. The van der Waals surface area contributed by atoms with Crippen LogP contribution in [-0.2, 0) is 0 Å². The van der Waals surface area contributed by atoms with Crippen molar-refractivity contribution in [3.8, 4) is 22.4 Å². The van der Waals surface area contributed by atoms with Crippen LogP contribution in [0, 0.1) is 0 Å². The zero-order valence-corrected chi connectivity index (χ0v) is 16.3. The molecule has 3 heterocycles. The van der Waals surface area contributed by atoms with Crippen molar-refractivity contribution in [2.75, 3.05) is 0 Å². The maximum absolute atomic E-state index is 12.5. The predicted octanol–water partition coefficient (Wildman–Crippen LogP) is 5.57. The maximum Gasteiger partial charge on any atom is 0.192 e. The van der Waals surface area contributed by atoms with Crippen molar-refractivity contribution in [3.05, 3.63) is 93.8 Å². The Morgan fingerprint density at radius 3 is 2.57 bits per heavy atom. The molecule has 0 fully saturated rings. The number of benzene rings is 2. The van der Waals surface area contributed by atoms with Gasteiger partial charge in [-0.3, -0.25) is 9.78 Å². The quantitative estimate of drug-likeness (QED) is 0.374. The van der Waals surface area contributed by atoms with Crippen molar-refractivity contribution < 1.29 is 0 Å². The molecule has 3 aromatic heterocycles. The van der Waals surface area contributed by atoms with E-state index in [0.717, 1.165) is 33.3 Å². The summed E-state index contributed by atoms with van der Waals surface area (Å²) in [6.07, 6.45) is 1.78. The van der Waals surface area contributed by atoms with Gasteiger partial charge >= 0.3 is 0 Å². The summed E-state index contributed by atoms with van der Waals surface area (Å²) in [5.41, 5.74) is 5.15. The van der Waals surface area contributed by atoms with Crippen LogP contribution in [0.2, 0.25) is 0 Å². The molecule has 0 amide bonds. The van der Waals surface area contributed by atoms with E-state index in [1.54, 1.807) is 6.20 Å². The van der Waals surface area contributed by atoms with Gasteiger partial charge < -0.3 is 4.98 Å². The number of H-pyrrole nitrogens is 1. The van der Waals surface area contributed by atoms with Gasteiger partial charge in [0.1, 0.15) is 5.65 Å². The molecule has 0 aliphatic heterocycles. The molecule has 134 valence electrons. The zero-order valence-electron chi connectivity index (χ0n) is 14.7. The van der Waals surface area contributed by atoms with E-state index in [9.17, 15) is 4.79 Å². The summed E-state index contributed by atoms with van der Waals surface area (Å²) in [7, 11) is 0. The van der Waals surface area contributed by atoms with Crippen molar-refractivity contribution in [3.63, 3.8) is 0 Å². The Balaban J connectivity index is 1.86. The van der Waals surface area contributed by atoms with Gasteiger partial charge in [0.2, 0.25) is 0 Å². The number of fused-ring (bicyclic) bond motifs is 2. The highest BCUT2D eigenvalue weighted by Gasteiger charge is 2.14. The van der Waals surface area contributed by atoms with Crippen LogP contribution in [0.25, 0.3) is 44.3 Å². The zero-order chi connectivity index (χ0) is 19.1. The van der Waals surface area contributed by atoms with Gasteiger partial charge in [0.05, 0.1) is 21.2 Å². The third kappa shape index (κ3) is 2.90. The normalized spacial score (nSPS) is 11.2. The number of pyridine rings is 3. The number of nitrogens with one attached hydrogen (secondary N) is 1. The second-order valence-electron chi connectivity index (χ2n) is 6.54. The third-order valence-corrected chi connectivity index (χ3v) is 5.17. The van der Waals surface area contributed by atoms with Gasteiger partial charge in [-0.15, -0.1) is 0 Å². The second kappa shape index (κ2) is 6.69. The average Bonchev–Trinajstić information content (AvgIpc) is 2.73. The summed E-state index contributed by atoms with van der Waals surface area (Å²) >= 11 is 3.35. The Kier molecular flexibility index (Phi) is 4.02. The maximum atomic E-state index is 12.5. The van der Waals surface area contributed by atoms with Crippen LogP contribution in [0.5, 0.6) is 0 Å². The van der Waals surface area contributed by atoms with Gasteiger partial charge in [0.15, 0.2) is 5.43 Å². The van der Waals surface area contributed by atoms with Crippen molar-refractivity contribution in [2.45, 2.75) is 0 Å². The molecule has 0 aliphatic carbocycles.